The number of amides is 1. The van der Waals surface area contributed by atoms with Gasteiger partial charge in [-0.05, 0) is 50.4 Å². The zero-order valence-corrected chi connectivity index (χ0v) is 12.1. The van der Waals surface area contributed by atoms with Crippen molar-refractivity contribution in [1.82, 2.24) is 5.32 Å². The van der Waals surface area contributed by atoms with Crippen LogP contribution in [0.1, 0.15) is 25.7 Å². The molecule has 0 saturated carbocycles. The number of carbonyl (C=O) groups excluding carboxylic acids is 1. The minimum Gasteiger partial charge on any atom is -0.432 e. The van der Waals surface area contributed by atoms with E-state index in [0.29, 0.717) is 12.3 Å². The average molecular weight is 316 g/mol. The van der Waals surface area contributed by atoms with E-state index in [2.05, 4.69) is 15.4 Å². The van der Waals surface area contributed by atoms with Gasteiger partial charge in [0.25, 0.3) is 0 Å². The summed E-state index contributed by atoms with van der Waals surface area (Å²) in [6, 6.07) is 3.13. The van der Waals surface area contributed by atoms with E-state index >= 15 is 0 Å². The van der Waals surface area contributed by atoms with E-state index in [1.165, 1.54) is 6.07 Å². The van der Waals surface area contributed by atoms with Crippen LogP contribution in [0.15, 0.2) is 18.2 Å². The lowest BCUT2D eigenvalue weighted by Gasteiger charge is -2.22. The maximum atomic E-state index is 13.1. The number of piperidine rings is 1. The van der Waals surface area contributed by atoms with Crippen LogP contribution >= 0.6 is 0 Å². The Labute approximate surface area is 127 Å². The van der Waals surface area contributed by atoms with Gasteiger partial charge in [0.1, 0.15) is 5.82 Å². The van der Waals surface area contributed by atoms with Crippen LogP contribution in [0.5, 0.6) is 5.75 Å². The first kappa shape index (κ1) is 16.6. The maximum absolute atomic E-state index is 13.1. The molecule has 1 fully saturated rings. The Morgan fingerprint density at radius 1 is 1.36 bits per heavy atom. The zero-order valence-electron chi connectivity index (χ0n) is 12.1. The molecule has 1 aliphatic heterocycles. The Hall–Kier alpha value is -1.76. The summed E-state index contributed by atoms with van der Waals surface area (Å²) in [5.41, 5.74) is 0.0528. The zero-order chi connectivity index (χ0) is 15.9. The average Bonchev–Trinajstić information content (AvgIpc) is 2.48. The topological polar surface area (TPSA) is 50.4 Å². The second-order valence-electron chi connectivity index (χ2n) is 5.30. The fourth-order valence-corrected chi connectivity index (χ4v) is 2.51. The molecule has 1 aliphatic rings. The number of anilines is 1. The second kappa shape index (κ2) is 8.03. The van der Waals surface area contributed by atoms with Gasteiger partial charge in [-0.3, -0.25) is 4.79 Å². The summed E-state index contributed by atoms with van der Waals surface area (Å²) in [5.74, 6) is -0.866. The highest BCUT2D eigenvalue weighted by Crippen LogP contribution is 2.27. The van der Waals surface area contributed by atoms with E-state index in [-0.39, 0.29) is 17.3 Å². The van der Waals surface area contributed by atoms with E-state index < -0.39 is 12.4 Å². The Bertz CT molecular complexity index is 506. The van der Waals surface area contributed by atoms with Gasteiger partial charge < -0.3 is 15.4 Å². The van der Waals surface area contributed by atoms with Crippen molar-refractivity contribution in [3.05, 3.63) is 24.0 Å². The molecule has 0 aromatic heterocycles. The van der Waals surface area contributed by atoms with Crippen molar-refractivity contribution in [3.8, 4) is 5.75 Å². The van der Waals surface area contributed by atoms with Crippen LogP contribution in [-0.2, 0) is 4.79 Å². The number of hydrogen-bond donors (Lipinski definition) is 2. The molecule has 1 heterocycles. The van der Waals surface area contributed by atoms with Gasteiger partial charge in [-0.2, -0.15) is 8.78 Å². The number of ether oxygens (including phenoxy) is 1. The highest BCUT2D eigenvalue weighted by molar-refractivity contribution is 5.92. The summed E-state index contributed by atoms with van der Waals surface area (Å²) in [5, 5.41) is 5.75. The Balaban J connectivity index is 1.89. The number of rotatable bonds is 6. The van der Waals surface area contributed by atoms with Crippen molar-refractivity contribution in [2.24, 2.45) is 5.92 Å². The van der Waals surface area contributed by atoms with Gasteiger partial charge in [-0.25, -0.2) is 4.39 Å². The number of halogens is 3. The molecule has 0 unspecified atom stereocenters. The van der Waals surface area contributed by atoms with Crippen molar-refractivity contribution in [2.75, 3.05) is 18.4 Å². The van der Waals surface area contributed by atoms with E-state index in [4.69, 9.17) is 0 Å². The number of carbonyl (C=O) groups is 1. The highest BCUT2D eigenvalue weighted by Gasteiger charge is 2.16. The molecule has 2 N–H and O–H groups in total. The SMILES string of the molecule is O=C(CCC1CCNCC1)Nc1ccc(F)cc1OC(F)F. The smallest absolute Gasteiger partial charge is 0.387 e. The molecular formula is C15H19F3N2O2. The fourth-order valence-electron chi connectivity index (χ4n) is 2.51. The molecular weight excluding hydrogens is 297 g/mol. The number of nitrogens with one attached hydrogen (secondary N) is 2. The van der Waals surface area contributed by atoms with Crippen molar-refractivity contribution in [2.45, 2.75) is 32.3 Å². The van der Waals surface area contributed by atoms with Crippen LogP contribution in [0.4, 0.5) is 18.9 Å². The van der Waals surface area contributed by atoms with Crippen LogP contribution in [0.3, 0.4) is 0 Å². The Kier molecular flexibility index (Phi) is 6.06. The largest absolute Gasteiger partial charge is 0.432 e. The molecule has 1 amide bonds. The predicted molar refractivity (Wildman–Crippen MR) is 76.5 cm³/mol. The minimum atomic E-state index is -3.08. The number of alkyl halides is 2. The molecule has 0 atom stereocenters. The first-order chi connectivity index (χ1) is 10.5. The molecule has 1 aromatic carbocycles. The van der Waals surface area contributed by atoms with Gasteiger partial charge >= 0.3 is 6.61 Å². The first-order valence-corrected chi connectivity index (χ1v) is 7.29. The maximum Gasteiger partial charge on any atom is 0.387 e. The van der Waals surface area contributed by atoms with E-state index in [0.717, 1.165) is 44.5 Å². The quantitative estimate of drug-likeness (QED) is 0.848. The van der Waals surface area contributed by atoms with Gasteiger partial charge in [0.2, 0.25) is 5.91 Å². The van der Waals surface area contributed by atoms with Crippen LogP contribution in [-0.4, -0.2) is 25.6 Å². The molecule has 4 nitrogen and oxygen atoms in total. The standard InChI is InChI=1S/C15H19F3N2O2/c16-11-2-3-12(13(9-11)22-15(17)18)20-14(21)4-1-10-5-7-19-8-6-10/h2-3,9-10,15,19H,1,4-8H2,(H,20,21). The molecule has 0 spiro atoms. The van der Waals surface area contributed by atoms with E-state index in [1.54, 1.807) is 0 Å². The second-order valence-corrected chi connectivity index (χ2v) is 5.30. The summed E-state index contributed by atoms with van der Waals surface area (Å²) in [4.78, 5) is 11.9. The van der Waals surface area contributed by atoms with Crippen molar-refractivity contribution in [1.29, 1.82) is 0 Å². The summed E-state index contributed by atoms with van der Waals surface area (Å²) in [7, 11) is 0. The van der Waals surface area contributed by atoms with Gasteiger partial charge in [0.15, 0.2) is 5.75 Å². The lowest BCUT2D eigenvalue weighted by molar-refractivity contribution is -0.116. The molecule has 122 valence electrons. The third-order valence-electron chi connectivity index (χ3n) is 3.67. The molecule has 0 bridgehead atoms. The predicted octanol–water partition coefficient (Wildman–Crippen LogP) is 3.15. The van der Waals surface area contributed by atoms with Gasteiger partial charge in [-0.1, -0.05) is 0 Å². The van der Waals surface area contributed by atoms with Gasteiger partial charge in [0, 0.05) is 12.5 Å². The van der Waals surface area contributed by atoms with Crippen LogP contribution < -0.4 is 15.4 Å². The lowest BCUT2D eigenvalue weighted by Crippen LogP contribution is -2.28. The third kappa shape index (κ3) is 5.22. The van der Waals surface area contributed by atoms with Gasteiger partial charge in [-0.15, -0.1) is 0 Å². The van der Waals surface area contributed by atoms with E-state index in [9.17, 15) is 18.0 Å². The summed E-state index contributed by atoms with van der Waals surface area (Å²) in [6.45, 7) is -1.17. The Morgan fingerprint density at radius 2 is 2.09 bits per heavy atom. The summed E-state index contributed by atoms with van der Waals surface area (Å²) >= 11 is 0. The number of hydrogen-bond acceptors (Lipinski definition) is 3. The van der Waals surface area contributed by atoms with Crippen molar-refractivity contribution >= 4 is 11.6 Å². The van der Waals surface area contributed by atoms with Crippen molar-refractivity contribution in [3.63, 3.8) is 0 Å². The summed E-state index contributed by atoms with van der Waals surface area (Å²) < 4.78 is 41.9. The third-order valence-corrected chi connectivity index (χ3v) is 3.67. The highest BCUT2D eigenvalue weighted by atomic mass is 19.3. The molecule has 2 rings (SSSR count). The van der Waals surface area contributed by atoms with Crippen LogP contribution in [0.25, 0.3) is 0 Å². The van der Waals surface area contributed by atoms with Crippen molar-refractivity contribution < 1.29 is 22.7 Å². The molecule has 1 aromatic rings. The molecule has 0 radical (unpaired) electrons. The molecule has 0 aliphatic carbocycles. The molecule has 1 saturated heterocycles. The summed E-state index contributed by atoms with van der Waals surface area (Å²) in [6.07, 6.45) is 3.11. The lowest BCUT2D eigenvalue weighted by atomic mass is 9.93. The van der Waals surface area contributed by atoms with E-state index in [1.807, 2.05) is 0 Å². The Morgan fingerprint density at radius 3 is 2.77 bits per heavy atom. The van der Waals surface area contributed by atoms with Crippen LogP contribution in [0.2, 0.25) is 0 Å². The minimum absolute atomic E-state index is 0.0528. The fraction of sp³-hybridized carbons (Fsp3) is 0.533. The first-order valence-electron chi connectivity index (χ1n) is 7.29. The molecule has 22 heavy (non-hydrogen) atoms. The normalized spacial score (nSPS) is 15.8. The molecule has 7 heteroatoms. The monoisotopic (exact) mass is 316 g/mol. The number of benzene rings is 1. The van der Waals surface area contributed by atoms with Gasteiger partial charge in [0.05, 0.1) is 5.69 Å². The van der Waals surface area contributed by atoms with Crippen LogP contribution in [0, 0.1) is 11.7 Å².